The van der Waals surface area contributed by atoms with Crippen LogP contribution in [0.25, 0.3) is 10.9 Å². The second-order valence-corrected chi connectivity index (χ2v) is 9.64. The summed E-state index contributed by atoms with van der Waals surface area (Å²) in [6, 6.07) is 16.8. The number of aromatic amines is 1. The molecule has 5 heteroatoms. The van der Waals surface area contributed by atoms with Crippen LogP contribution in [0.1, 0.15) is 63.0 Å². The second kappa shape index (κ2) is 11.2. The Morgan fingerprint density at radius 3 is 2.59 bits per heavy atom. The molecule has 32 heavy (non-hydrogen) atoms. The van der Waals surface area contributed by atoms with E-state index in [0.29, 0.717) is 19.1 Å². The summed E-state index contributed by atoms with van der Waals surface area (Å²) in [5.74, 6) is 1.53. The van der Waals surface area contributed by atoms with Crippen molar-refractivity contribution in [3.63, 3.8) is 0 Å². The van der Waals surface area contributed by atoms with Crippen LogP contribution in [-0.2, 0) is 6.42 Å². The minimum Gasteiger partial charge on any atom is -0.491 e. The predicted molar refractivity (Wildman–Crippen MR) is 135 cm³/mol. The normalized spacial score (nSPS) is 16.0. The lowest BCUT2D eigenvalue weighted by atomic mass is 9.84. The SMILES string of the molecule is CC(C)(Cc1c[nH]c2ccccc12)NCC(O)COc1ccccc1C1CCCCC1.Cl. The molecule has 1 aliphatic carbocycles. The van der Waals surface area contributed by atoms with Crippen molar-refractivity contribution in [1.82, 2.24) is 10.3 Å². The fourth-order valence-corrected chi connectivity index (χ4v) is 4.82. The van der Waals surface area contributed by atoms with Crippen LogP contribution in [0.2, 0.25) is 0 Å². The van der Waals surface area contributed by atoms with Gasteiger partial charge >= 0.3 is 0 Å². The number of halogens is 1. The van der Waals surface area contributed by atoms with Crippen LogP contribution in [0.15, 0.2) is 54.7 Å². The molecule has 1 heterocycles. The highest BCUT2D eigenvalue weighted by Gasteiger charge is 2.22. The molecule has 1 aromatic heterocycles. The Balaban J connectivity index is 0.00000289. The van der Waals surface area contributed by atoms with E-state index in [2.05, 4.69) is 66.7 Å². The van der Waals surface area contributed by atoms with E-state index < -0.39 is 6.10 Å². The largest absolute Gasteiger partial charge is 0.491 e. The Labute approximate surface area is 198 Å². The van der Waals surface area contributed by atoms with Gasteiger partial charge in [0.05, 0.1) is 0 Å². The Morgan fingerprint density at radius 2 is 1.78 bits per heavy atom. The molecule has 1 saturated carbocycles. The summed E-state index contributed by atoms with van der Waals surface area (Å²) in [5.41, 5.74) is 3.63. The number of para-hydroxylation sites is 2. The van der Waals surface area contributed by atoms with Gasteiger partial charge in [0, 0.05) is 29.2 Å². The second-order valence-electron chi connectivity index (χ2n) is 9.64. The molecule has 0 spiro atoms. The Kier molecular flexibility index (Phi) is 8.64. The lowest BCUT2D eigenvalue weighted by molar-refractivity contribution is 0.0980. The Morgan fingerprint density at radius 1 is 1.06 bits per heavy atom. The average molecular weight is 457 g/mol. The van der Waals surface area contributed by atoms with E-state index in [-0.39, 0.29) is 17.9 Å². The molecular weight excluding hydrogens is 420 g/mol. The maximum Gasteiger partial charge on any atom is 0.122 e. The van der Waals surface area contributed by atoms with E-state index in [1.54, 1.807) is 0 Å². The lowest BCUT2D eigenvalue weighted by Gasteiger charge is -2.28. The molecule has 0 bridgehead atoms. The predicted octanol–water partition coefficient (Wildman–Crippen LogP) is 5.99. The van der Waals surface area contributed by atoms with E-state index in [1.165, 1.54) is 54.1 Å². The molecule has 0 saturated heterocycles. The number of aliphatic hydroxyl groups is 1. The van der Waals surface area contributed by atoms with Crippen molar-refractivity contribution in [2.75, 3.05) is 13.2 Å². The van der Waals surface area contributed by atoms with E-state index in [4.69, 9.17) is 4.74 Å². The first kappa shape index (κ1) is 24.6. The van der Waals surface area contributed by atoms with Gasteiger partial charge in [-0.2, -0.15) is 0 Å². The maximum atomic E-state index is 10.6. The van der Waals surface area contributed by atoms with Gasteiger partial charge in [0.15, 0.2) is 0 Å². The van der Waals surface area contributed by atoms with Gasteiger partial charge in [-0.1, -0.05) is 55.7 Å². The molecule has 1 aliphatic rings. The van der Waals surface area contributed by atoms with Gasteiger partial charge in [-0.15, -0.1) is 12.4 Å². The summed E-state index contributed by atoms with van der Waals surface area (Å²) >= 11 is 0. The number of β-amino-alcohol motifs (C(OH)–C–C–N with tert-alkyl or cyclic N) is 1. The van der Waals surface area contributed by atoms with Gasteiger partial charge in [0.25, 0.3) is 0 Å². The number of aliphatic hydroxyl groups excluding tert-OH is 1. The zero-order chi connectivity index (χ0) is 21.7. The number of rotatable bonds is 9. The van der Waals surface area contributed by atoms with Gasteiger partial charge in [0.2, 0.25) is 0 Å². The van der Waals surface area contributed by atoms with Crippen LogP contribution < -0.4 is 10.1 Å². The molecule has 0 radical (unpaired) electrons. The van der Waals surface area contributed by atoms with Crippen molar-refractivity contribution in [1.29, 1.82) is 0 Å². The number of aromatic nitrogens is 1. The van der Waals surface area contributed by atoms with Gasteiger partial charge in [-0.05, 0) is 62.3 Å². The third kappa shape index (κ3) is 6.28. The highest BCUT2D eigenvalue weighted by molar-refractivity contribution is 5.85. The first-order valence-corrected chi connectivity index (χ1v) is 11.7. The summed E-state index contributed by atoms with van der Waals surface area (Å²) in [7, 11) is 0. The molecule has 4 nitrogen and oxygen atoms in total. The molecule has 1 unspecified atom stereocenters. The zero-order valence-electron chi connectivity index (χ0n) is 19.3. The van der Waals surface area contributed by atoms with Gasteiger partial charge in [-0.3, -0.25) is 0 Å². The quantitative estimate of drug-likeness (QED) is 0.370. The molecule has 3 N–H and O–H groups in total. The molecule has 3 aromatic rings. The molecule has 0 aliphatic heterocycles. The van der Waals surface area contributed by atoms with Crippen LogP contribution in [0.3, 0.4) is 0 Å². The fraction of sp³-hybridized carbons (Fsp3) is 0.481. The number of hydrogen-bond donors (Lipinski definition) is 3. The summed E-state index contributed by atoms with van der Waals surface area (Å²) in [6.45, 7) is 5.17. The first-order valence-electron chi connectivity index (χ1n) is 11.7. The van der Waals surface area contributed by atoms with Gasteiger partial charge < -0.3 is 20.1 Å². The molecule has 2 aromatic carbocycles. The minimum atomic E-state index is -0.554. The van der Waals surface area contributed by atoms with Gasteiger partial charge in [-0.25, -0.2) is 0 Å². The number of ether oxygens (including phenoxy) is 1. The summed E-state index contributed by atoms with van der Waals surface area (Å²) in [4.78, 5) is 3.35. The number of nitrogens with one attached hydrogen (secondary N) is 2. The Hall–Kier alpha value is -2.01. The maximum absolute atomic E-state index is 10.6. The third-order valence-electron chi connectivity index (χ3n) is 6.52. The summed E-state index contributed by atoms with van der Waals surface area (Å²) in [5, 5.41) is 15.4. The Bertz CT molecular complexity index is 978. The smallest absolute Gasteiger partial charge is 0.122 e. The van der Waals surface area contributed by atoms with E-state index >= 15 is 0 Å². The molecule has 1 fully saturated rings. The highest BCUT2D eigenvalue weighted by atomic mass is 35.5. The number of benzene rings is 2. The monoisotopic (exact) mass is 456 g/mol. The molecule has 0 amide bonds. The van der Waals surface area contributed by atoms with Crippen LogP contribution in [-0.4, -0.2) is 34.9 Å². The molecule has 174 valence electrons. The van der Waals surface area contributed by atoms with Crippen LogP contribution in [0.5, 0.6) is 5.75 Å². The first-order chi connectivity index (χ1) is 15.0. The van der Waals surface area contributed by atoms with Crippen molar-refractivity contribution >= 4 is 23.3 Å². The van der Waals surface area contributed by atoms with Crippen molar-refractivity contribution in [2.24, 2.45) is 0 Å². The summed E-state index contributed by atoms with van der Waals surface area (Å²) < 4.78 is 6.09. The van der Waals surface area contributed by atoms with Crippen molar-refractivity contribution in [2.45, 2.75) is 69.9 Å². The average Bonchev–Trinajstić information content (AvgIpc) is 3.19. The van der Waals surface area contributed by atoms with Crippen LogP contribution >= 0.6 is 12.4 Å². The zero-order valence-corrected chi connectivity index (χ0v) is 20.1. The minimum absolute atomic E-state index is 0. The lowest BCUT2D eigenvalue weighted by Crippen LogP contribution is -2.46. The van der Waals surface area contributed by atoms with Crippen molar-refractivity contribution in [3.8, 4) is 5.75 Å². The molecule has 4 rings (SSSR count). The van der Waals surface area contributed by atoms with E-state index in [1.807, 2.05) is 12.1 Å². The summed E-state index contributed by atoms with van der Waals surface area (Å²) in [6.07, 6.45) is 8.86. The van der Waals surface area contributed by atoms with E-state index in [0.717, 1.165) is 12.2 Å². The number of hydrogen-bond acceptors (Lipinski definition) is 3. The van der Waals surface area contributed by atoms with Crippen molar-refractivity contribution in [3.05, 3.63) is 65.9 Å². The fourth-order valence-electron chi connectivity index (χ4n) is 4.82. The van der Waals surface area contributed by atoms with Gasteiger partial charge in [0.1, 0.15) is 18.5 Å². The highest BCUT2D eigenvalue weighted by Crippen LogP contribution is 2.37. The van der Waals surface area contributed by atoms with Crippen LogP contribution in [0.4, 0.5) is 0 Å². The molecular formula is C27H37ClN2O2. The van der Waals surface area contributed by atoms with E-state index in [9.17, 15) is 5.11 Å². The topological polar surface area (TPSA) is 57.3 Å². The third-order valence-corrected chi connectivity index (χ3v) is 6.52. The van der Waals surface area contributed by atoms with Crippen molar-refractivity contribution < 1.29 is 9.84 Å². The number of fused-ring (bicyclic) bond motifs is 1. The molecule has 1 atom stereocenters. The van der Waals surface area contributed by atoms with Crippen LogP contribution in [0, 0.1) is 0 Å². The standard InChI is InChI=1S/C27H36N2O2.ClH/c1-27(2,16-21-17-28-25-14-8-6-12-23(21)25)29-18-22(30)19-31-26-15-9-7-13-24(26)20-10-4-3-5-11-20;/h6-9,12-15,17,20,22,28-30H,3-5,10-11,16,18-19H2,1-2H3;1H. The number of H-pyrrole nitrogens is 1.